The van der Waals surface area contributed by atoms with Gasteiger partial charge in [0.15, 0.2) is 10.8 Å². The first kappa shape index (κ1) is 14.3. The summed E-state index contributed by atoms with van der Waals surface area (Å²) in [5.41, 5.74) is -1.60. The molecule has 0 aromatic carbocycles. The van der Waals surface area contributed by atoms with Gasteiger partial charge in [0, 0.05) is 13.1 Å². The largest absolute Gasteiger partial charge is 0.434 e. The summed E-state index contributed by atoms with van der Waals surface area (Å²) in [6.45, 7) is 0. The lowest BCUT2D eigenvalue weighted by molar-refractivity contribution is -0.141. The molecule has 1 N–H and O–H groups in total. The highest BCUT2D eigenvalue weighted by molar-refractivity contribution is 6.29. The Morgan fingerprint density at radius 1 is 1.30 bits per heavy atom. The van der Waals surface area contributed by atoms with E-state index in [1.807, 2.05) is 0 Å². The van der Waals surface area contributed by atoms with Crippen molar-refractivity contribution in [2.75, 3.05) is 5.32 Å². The highest BCUT2D eigenvalue weighted by Crippen LogP contribution is 2.27. The van der Waals surface area contributed by atoms with Crippen LogP contribution in [0.1, 0.15) is 5.69 Å². The fourth-order valence-electron chi connectivity index (χ4n) is 1.34. The molecule has 20 heavy (non-hydrogen) atoms. The van der Waals surface area contributed by atoms with Crippen LogP contribution in [0.25, 0.3) is 0 Å². The molecule has 10 heteroatoms. The van der Waals surface area contributed by atoms with Crippen LogP contribution in [0, 0.1) is 0 Å². The van der Waals surface area contributed by atoms with E-state index >= 15 is 0 Å². The minimum Gasteiger partial charge on any atom is -0.334 e. The fraction of sp³-hybridized carbons (Fsp3) is 0.200. The van der Waals surface area contributed by atoms with E-state index in [0.717, 1.165) is 10.9 Å². The molecule has 6 nitrogen and oxygen atoms in total. The smallest absolute Gasteiger partial charge is 0.334 e. The van der Waals surface area contributed by atoms with E-state index in [0.29, 0.717) is 6.20 Å². The van der Waals surface area contributed by atoms with Gasteiger partial charge in [0.25, 0.3) is 5.56 Å². The molecule has 0 spiro atoms. The van der Waals surface area contributed by atoms with Crippen molar-refractivity contribution in [2.24, 2.45) is 7.05 Å². The van der Waals surface area contributed by atoms with Gasteiger partial charge in [-0.25, -0.2) is 14.6 Å². The number of hydrogen-bond acceptors (Lipinski definition) is 5. The van der Waals surface area contributed by atoms with Crippen LogP contribution >= 0.6 is 11.6 Å². The van der Waals surface area contributed by atoms with Gasteiger partial charge in [0.1, 0.15) is 11.5 Å². The van der Waals surface area contributed by atoms with Crippen molar-refractivity contribution in [1.82, 2.24) is 19.7 Å². The molecular formula is C10H7ClF3N5O. The van der Waals surface area contributed by atoms with Gasteiger partial charge in [-0.1, -0.05) is 11.6 Å². The molecule has 0 bridgehead atoms. The average molecular weight is 306 g/mol. The minimum atomic E-state index is -4.57. The Kier molecular flexibility index (Phi) is 3.62. The maximum Gasteiger partial charge on any atom is 0.434 e. The van der Waals surface area contributed by atoms with Crippen molar-refractivity contribution < 1.29 is 13.2 Å². The maximum atomic E-state index is 12.3. The van der Waals surface area contributed by atoms with E-state index < -0.39 is 17.4 Å². The number of alkyl halides is 3. The van der Waals surface area contributed by atoms with Crippen LogP contribution in [-0.2, 0) is 13.2 Å². The third kappa shape index (κ3) is 3.05. The summed E-state index contributed by atoms with van der Waals surface area (Å²) in [5, 5.41) is 6.25. The number of hydrogen-bond donors (Lipinski definition) is 1. The van der Waals surface area contributed by atoms with Crippen LogP contribution in [0.15, 0.2) is 23.3 Å². The first-order valence-corrected chi connectivity index (χ1v) is 5.55. The van der Waals surface area contributed by atoms with Gasteiger partial charge in [-0.05, 0) is 0 Å². The van der Waals surface area contributed by atoms with E-state index in [1.165, 1.54) is 13.1 Å². The zero-order valence-electron chi connectivity index (χ0n) is 9.94. The molecule has 0 saturated heterocycles. The van der Waals surface area contributed by atoms with Crippen molar-refractivity contribution in [2.45, 2.75) is 6.18 Å². The lowest BCUT2D eigenvalue weighted by Crippen LogP contribution is -2.22. The monoisotopic (exact) mass is 305 g/mol. The second-order valence-corrected chi connectivity index (χ2v) is 4.11. The predicted molar refractivity (Wildman–Crippen MR) is 64.8 cm³/mol. The Morgan fingerprint density at radius 2 is 2.00 bits per heavy atom. The van der Waals surface area contributed by atoms with Crippen LogP contribution < -0.4 is 10.9 Å². The Balaban J connectivity index is 2.29. The number of halogens is 4. The molecule has 2 heterocycles. The quantitative estimate of drug-likeness (QED) is 0.918. The third-order valence-electron chi connectivity index (χ3n) is 2.24. The summed E-state index contributed by atoms with van der Waals surface area (Å²) >= 11 is 5.68. The lowest BCUT2D eigenvalue weighted by Gasteiger charge is -2.08. The SMILES string of the molecule is Cn1nc(Cl)cc(Nc2cnc(C(F)(F)F)cn2)c1=O. The van der Waals surface area contributed by atoms with Gasteiger partial charge < -0.3 is 5.32 Å². The Labute approximate surface area is 115 Å². The summed E-state index contributed by atoms with van der Waals surface area (Å²) in [7, 11) is 1.39. The van der Waals surface area contributed by atoms with Crippen molar-refractivity contribution >= 4 is 23.1 Å². The van der Waals surface area contributed by atoms with Gasteiger partial charge in [0.2, 0.25) is 0 Å². The average Bonchev–Trinajstić information content (AvgIpc) is 2.35. The first-order valence-electron chi connectivity index (χ1n) is 5.17. The number of nitrogens with zero attached hydrogens (tertiary/aromatic N) is 4. The number of rotatable bonds is 2. The Morgan fingerprint density at radius 3 is 2.55 bits per heavy atom. The standard InChI is InChI=1S/C10H7ClF3N5O/c1-19-9(20)5(2-7(11)18-19)17-8-4-15-6(3-16-8)10(12,13)14/h2-4H,1H3,(H,16,17). The first-order chi connectivity index (χ1) is 9.27. The third-order valence-corrected chi connectivity index (χ3v) is 2.42. The molecule has 0 fully saturated rings. The van der Waals surface area contributed by atoms with Crippen molar-refractivity contribution in [3.8, 4) is 0 Å². The Hall–Kier alpha value is -2.16. The molecule has 0 unspecified atom stereocenters. The molecule has 106 valence electrons. The summed E-state index contributed by atoms with van der Waals surface area (Å²) in [4.78, 5) is 18.5. The van der Waals surface area contributed by atoms with E-state index in [4.69, 9.17) is 11.6 Å². The van der Waals surface area contributed by atoms with Gasteiger partial charge in [0.05, 0.1) is 12.4 Å². The van der Waals surface area contributed by atoms with Crippen LogP contribution in [0.2, 0.25) is 5.15 Å². The Bertz CT molecular complexity index is 683. The zero-order valence-corrected chi connectivity index (χ0v) is 10.7. The molecule has 0 atom stereocenters. The molecule has 2 aromatic rings. The van der Waals surface area contributed by atoms with Gasteiger partial charge >= 0.3 is 6.18 Å². The van der Waals surface area contributed by atoms with E-state index in [2.05, 4.69) is 20.4 Å². The number of anilines is 2. The van der Waals surface area contributed by atoms with Gasteiger partial charge in [-0.3, -0.25) is 4.79 Å². The molecule has 0 radical (unpaired) electrons. The number of aryl methyl sites for hydroxylation is 1. The highest BCUT2D eigenvalue weighted by Gasteiger charge is 2.32. The van der Waals surface area contributed by atoms with Gasteiger partial charge in [-0.2, -0.15) is 18.3 Å². The maximum absolute atomic E-state index is 12.3. The fourth-order valence-corrected chi connectivity index (χ4v) is 1.56. The number of aromatic nitrogens is 4. The van der Waals surface area contributed by atoms with Crippen LogP contribution in [-0.4, -0.2) is 19.7 Å². The van der Waals surface area contributed by atoms with Crippen molar-refractivity contribution in [3.05, 3.63) is 39.7 Å². The van der Waals surface area contributed by atoms with Crippen LogP contribution in [0.4, 0.5) is 24.7 Å². The zero-order chi connectivity index (χ0) is 14.9. The van der Waals surface area contributed by atoms with Crippen LogP contribution in [0.3, 0.4) is 0 Å². The molecule has 0 aliphatic carbocycles. The molecule has 0 amide bonds. The summed E-state index contributed by atoms with van der Waals surface area (Å²) in [5.74, 6) is -0.0163. The molecular weight excluding hydrogens is 299 g/mol. The van der Waals surface area contributed by atoms with Crippen molar-refractivity contribution in [1.29, 1.82) is 0 Å². The molecule has 0 saturated carbocycles. The van der Waals surface area contributed by atoms with Crippen molar-refractivity contribution in [3.63, 3.8) is 0 Å². The summed E-state index contributed by atoms with van der Waals surface area (Å²) in [6, 6.07) is 1.24. The predicted octanol–water partition coefficient (Wildman–Crippen LogP) is 1.99. The van der Waals surface area contributed by atoms with E-state index in [-0.39, 0.29) is 16.7 Å². The lowest BCUT2D eigenvalue weighted by atomic mass is 10.4. The second-order valence-electron chi connectivity index (χ2n) is 3.72. The molecule has 2 aromatic heterocycles. The van der Waals surface area contributed by atoms with E-state index in [9.17, 15) is 18.0 Å². The second kappa shape index (κ2) is 5.08. The molecule has 0 aliphatic rings. The van der Waals surface area contributed by atoms with Gasteiger partial charge in [-0.15, -0.1) is 0 Å². The summed E-state index contributed by atoms with van der Waals surface area (Å²) < 4.78 is 37.9. The minimum absolute atomic E-state index is 0.0163. The highest BCUT2D eigenvalue weighted by atomic mass is 35.5. The molecule has 0 aliphatic heterocycles. The summed E-state index contributed by atoms with van der Waals surface area (Å²) in [6.07, 6.45) is -3.13. The van der Waals surface area contributed by atoms with E-state index in [1.54, 1.807) is 0 Å². The molecule has 2 rings (SSSR count). The topological polar surface area (TPSA) is 72.7 Å². The normalized spacial score (nSPS) is 11.4. The van der Waals surface area contributed by atoms with Crippen LogP contribution in [0.5, 0.6) is 0 Å². The number of nitrogens with one attached hydrogen (secondary N) is 1.